The number of carboxylic acids is 1. The number of para-hydroxylation sites is 1. The van der Waals surface area contributed by atoms with Gasteiger partial charge in [-0.1, -0.05) is 37.3 Å². The molecule has 0 saturated carbocycles. The molecule has 0 bridgehead atoms. The fourth-order valence-corrected chi connectivity index (χ4v) is 5.38. The monoisotopic (exact) mass is 534 g/mol. The minimum Gasteiger partial charge on any atom is -0.496 e. The lowest BCUT2D eigenvalue weighted by Gasteiger charge is -2.32. The van der Waals surface area contributed by atoms with Gasteiger partial charge < -0.3 is 33.5 Å². The van der Waals surface area contributed by atoms with Crippen molar-refractivity contribution >= 4 is 11.9 Å². The fraction of sp³-hybridized carbons (Fsp3) is 0.333. The number of ether oxygens (including phenoxy) is 6. The van der Waals surface area contributed by atoms with E-state index in [9.17, 15) is 14.7 Å². The summed E-state index contributed by atoms with van der Waals surface area (Å²) in [6, 6.07) is 16.6. The van der Waals surface area contributed by atoms with Crippen LogP contribution in [-0.4, -0.2) is 56.9 Å². The molecular formula is C30H30O9. The Hall–Kier alpha value is -4.24. The van der Waals surface area contributed by atoms with Gasteiger partial charge in [0.1, 0.15) is 18.1 Å². The molecule has 2 atom stereocenters. The van der Waals surface area contributed by atoms with E-state index < -0.39 is 30.1 Å². The highest BCUT2D eigenvalue weighted by Gasteiger charge is 2.55. The maximum Gasteiger partial charge on any atom is 0.337 e. The van der Waals surface area contributed by atoms with E-state index in [1.54, 1.807) is 25.3 Å². The van der Waals surface area contributed by atoms with Crippen LogP contribution in [0.1, 0.15) is 36.0 Å². The lowest BCUT2D eigenvalue weighted by atomic mass is 9.81. The highest BCUT2D eigenvalue weighted by molar-refractivity contribution is 5.88. The zero-order valence-electron chi connectivity index (χ0n) is 22.0. The van der Waals surface area contributed by atoms with Gasteiger partial charge in [0.05, 0.1) is 20.8 Å². The maximum atomic E-state index is 13.1. The number of esters is 1. The Kier molecular flexibility index (Phi) is 7.34. The second-order valence-electron chi connectivity index (χ2n) is 9.34. The van der Waals surface area contributed by atoms with E-state index >= 15 is 0 Å². The van der Waals surface area contributed by atoms with Crippen molar-refractivity contribution in [3.05, 3.63) is 71.3 Å². The molecule has 3 aromatic carbocycles. The molecule has 3 aromatic rings. The molecule has 1 heterocycles. The number of fused-ring (bicyclic) bond motifs is 2. The molecule has 5 rings (SSSR count). The summed E-state index contributed by atoms with van der Waals surface area (Å²) in [5, 5.41) is 10.7. The summed E-state index contributed by atoms with van der Waals surface area (Å²) in [6.07, 6.45) is 0.772. The first-order chi connectivity index (χ1) is 18.9. The Balaban J connectivity index is 1.76. The van der Waals surface area contributed by atoms with Crippen molar-refractivity contribution in [3.63, 3.8) is 0 Å². The SMILES string of the molecule is CCCOc1ccc2c(c1-c1ccccc1OC)CC(OCC(=O)OC)(C(=O)O)C2c1ccc2c(c1)OCO2. The van der Waals surface area contributed by atoms with Gasteiger partial charge in [-0.2, -0.15) is 0 Å². The Morgan fingerprint density at radius 2 is 1.82 bits per heavy atom. The van der Waals surface area contributed by atoms with Crippen molar-refractivity contribution < 1.29 is 43.1 Å². The molecule has 9 heteroatoms. The van der Waals surface area contributed by atoms with Crippen LogP contribution < -0.4 is 18.9 Å². The van der Waals surface area contributed by atoms with E-state index in [0.717, 1.165) is 28.7 Å². The summed E-state index contributed by atoms with van der Waals surface area (Å²) in [6.45, 7) is 2.05. The van der Waals surface area contributed by atoms with E-state index in [4.69, 9.17) is 28.4 Å². The van der Waals surface area contributed by atoms with Crippen LogP contribution >= 0.6 is 0 Å². The molecule has 0 amide bonds. The topological polar surface area (TPSA) is 110 Å². The average Bonchev–Trinajstić information content (AvgIpc) is 3.56. The lowest BCUT2D eigenvalue weighted by Crippen LogP contribution is -2.47. The van der Waals surface area contributed by atoms with Gasteiger partial charge in [0, 0.05) is 23.5 Å². The van der Waals surface area contributed by atoms with Crippen LogP contribution in [0.5, 0.6) is 23.0 Å². The van der Waals surface area contributed by atoms with E-state index in [2.05, 4.69) is 0 Å². The van der Waals surface area contributed by atoms with Crippen LogP contribution in [0, 0.1) is 0 Å². The zero-order valence-corrected chi connectivity index (χ0v) is 22.0. The summed E-state index contributed by atoms with van der Waals surface area (Å²) in [4.78, 5) is 25.3. The van der Waals surface area contributed by atoms with Crippen molar-refractivity contribution in [1.29, 1.82) is 0 Å². The molecular weight excluding hydrogens is 504 g/mol. The highest BCUT2D eigenvalue weighted by atomic mass is 16.7. The van der Waals surface area contributed by atoms with Crippen molar-refractivity contribution in [3.8, 4) is 34.1 Å². The Labute approximate surface area is 226 Å². The standard InChI is InChI=1S/C30H30O9/c1-4-13-36-24-12-10-19-21(27(24)20-7-5-6-8-22(20)34-2)15-30(29(32)33,39-16-26(31)35-3)28(19)18-9-11-23-25(14-18)38-17-37-23/h5-12,14,28H,4,13,15-17H2,1-3H3,(H,32,33). The van der Waals surface area contributed by atoms with Crippen LogP contribution in [0.4, 0.5) is 0 Å². The third-order valence-electron chi connectivity index (χ3n) is 7.13. The molecule has 1 aliphatic heterocycles. The molecule has 0 aromatic heterocycles. The first kappa shape index (κ1) is 26.4. The normalized spacial score (nSPS) is 18.9. The summed E-state index contributed by atoms with van der Waals surface area (Å²) in [7, 11) is 2.82. The summed E-state index contributed by atoms with van der Waals surface area (Å²) in [5.74, 6) is -0.334. The maximum absolute atomic E-state index is 13.1. The van der Waals surface area contributed by atoms with E-state index in [-0.39, 0.29) is 13.2 Å². The first-order valence-electron chi connectivity index (χ1n) is 12.7. The van der Waals surface area contributed by atoms with Gasteiger partial charge in [0.2, 0.25) is 6.79 Å². The van der Waals surface area contributed by atoms with Gasteiger partial charge in [-0.3, -0.25) is 0 Å². The van der Waals surface area contributed by atoms with Crippen LogP contribution in [0.3, 0.4) is 0 Å². The number of carboxylic acid groups (broad SMARTS) is 1. The Bertz CT molecular complexity index is 1400. The molecule has 0 fully saturated rings. The van der Waals surface area contributed by atoms with Gasteiger partial charge in [-0.05, 0) is 47.4 Å². The van der Waals surface area contributed by atoms with Crippen LogP contribution in [0.2, 0.25) is 0 Å². The van der Waals surface area contributed by atoms with E-state index in [1.807, 2.05) is 43.3 Å². The second kappa shape index (κ2) is 10.9. The quantitative estimate of drug-likeness (QED) is 0.374. The molecule has 9 nitrogen and oxygen atoms in total. The molecule has 2 aliphatic rings. The zero-order chi connectivity index (χ0) is 27.6. The second-order valence-corrected chi connectivity index (χ2v) is 9.34. The fourth-order valence-electron chi connectivity index (χ4n) is 5.38. The number of carbonyl (C=O) groups excluding carboxylic acids is 1. The van der Waals surface area contributed by atoms with Gasteiger partial charge in [-0.25, -0.2) is 9.59 Å². The van der Waals surface area contributed by atoms with Gasteiger partial charge in [-0.15, -0.1) is 0 Å². The van der Waals surface area contributed by atoms with Gasteiger partial charge in [0.15, 0.2) is 17.1 Å². The number of hydrogen-bond donors (Lipinski definition) is 1. The van der Waals surface area contributed by atoms with Crippen LogP contribution in [-0.2, 0) is 25.5 Å². The number of methoxy groups -OCH3 is 2. The summed E-state index contributed by atoms with van der Waals surface area (Å²) in [5.41, 5.74) is 1.81. The van der Waals surface area contributed by atoms with E-state index in [1.165, 1.54) is 7.11 Å². The summed E-state index contributed by atoms with van der Waals surface area (Å²) < 4.78 is 33.7. The predicted molar refractivity (Wildman–Crippen MR) is 141 cm³/mol. The number of rotatable bonds is 10. The number of hydrogen-bond acceptors (Lipinski definition) is 8. The number of carbonyl (C=O) groups is 2. The number of benzene rings is 3. The molecule has 204 valence electrons. The van der Waals surface area contributed by atoms with Crippen molar-refractivity contribution in [1.82, 2.24) is 0 Å². The van der Waals surface area contributed by atoms with Crippen molar-refractivity contribution in [2.24, 2.45) is 0 Å². The van der Waals surface area contributed by atoms with Crippen molar-refractivity contribution in [2.45, 2.75) is 31.3 Å². The number of aliphatic carboxylic acids is 1. The molecule has 1 N–H and O–H groups in total. The average molecular weight is 535 g/mol. The van der Waals surface area contributed by atoms with Gasteiger partial charge in [0.25, 0.3) is 0 Å². The van der Waals surface area contributed by atoms with Crippen molar-refractivity contribution in [2.75, 3.05) is 34.2 Å². The van der Waals surface area contributed by atoms with Crippen LogP contribution in [0.25, 0.3) is 11.1 Å². The molecule has 2 unspecified atom stereocenters. The highest BCUT2D eigenvalue weighted by Crippen LogP contribution is 2.54. The largest absolute Gasteiger partial charge is 0.496 e. The minimum atomic E-state index is -1.82. The molecule has 1 aliphatic carbocycles. The van der Waals surface area contributed by atoms with Crippen LogP contribution in [0.15, 0.2) is 54.6 Å². The summed E-state index contributed by atoms with van der Waals surface area (Å²) >= 11 is 0. The first-order valence-corrected chi connectivity index (χ1v) is 12.7. The smallest absolute Gasteiger partial charge is 0.337 e. The Morgan fingerprint density at radius 3 is 2.56 bits per heavy atom. The van der Waals surface area contributed by atoms with E-state index in [0.29, 0.717) is 35.2 Å². The minimum absolute atomic E-state index is 0.0233. The third-order valence-corrected chi connectivity index (χ3v) is 7.13. The predicted octanol–water partition coefficient (Wildman–Crippen LogP) is 4.58. The molecule has 0 saturated heterocycles. The third kappa shape index (κ3) is 4.63. The Morgan fingerprint density at radius 1 is 1.03 bits per heavy atom. The molecule has 0 spiro atoms. The molecule has 39 heavy (non-hydrogen) atoms. The lowest BCUT2D eigenvalue weighted by molar-refractivity contribution is -0.173. The van der Waals surface area contributed by atoms with Gasteiger partial charge >= 0.3 is 11.9 Å². The molecule has 0 radical (unpaired) electrons.